The quantitative estimate of drug-likeness (QED) is 0.819. The van der Waals surface area contributed by atoms with Crippen LogP contribution in [0.1, 0.15) is 40.5 Å². The van der Waals surface area contributed by atoms with E-state index in [2.05, 4.69) is 18.8 Å². The fourth-order valence-electron chi connectivity index (χ4n) is 2.97. The number of thiazole rings is 1. The molecule has 1 atom stereocenters. The van der Waals surface area contributed by atoms with E-state index >= 15 is 0 Å². The molecule has 2 heterocycles. The van der Waals surface area contributed by atoms with E-state index in [1.807, 2.05) is 4.90 Å². The number of halogens is 3. The Morgan fingerprint density at radius 2 is 2.00 bits per heavy atom. The summed E-state index contributed by atoms with van der Waals surface area (Å²) in [5, 5.41) is 0.859. The average Bonchev–Trinajstić information content (AvgIpc) is 3.00. The van der Waals surface area contributed by atoms with Crippen molar-refractivity contribution in [1.29, 1.82) is 0 Å². The summed E-state index contributed by atoms with van der Waals surface area (Å²) >= 11 is 1.41. The lowest BCUT2D eigenvalue weighted by Crippen LogP contribution is -2.53. The summed E-state index contributed by atoms with van der Waals surface area (Å²) in [6.07, 6.45) is 3.07. The number of piperidine rings is 1. The molecule has 1 aliphatic heterocycles. The maximum Gasteiger partial charge on any atom is 0.265 e. The molecule has 1 unspecified atom stereocenters. The second kappa shape index (κ2) is 9.13. The molecule has 1 aliphatic rings. The van der Waals surface area contributed by atoms with Crippen LogP contribution in [0.4, 0.5) is 4.39 Å². The SMILES string of the molecule is CC1(C)CN(C(=O)c2cnc(Cc3ccc(F)cc3)s2)CCC1N.Cl.Cl. The summed E-state index contributed by atoms with van der Waals surface area (Å²) in [5.41, 5.74) is 7.05. The monoisotopic (exact) mass is 419 g/mol. The van der Waals surface area contributed by atoms with Crippen LogP contribution in [0.3, 0.4) is 0 Å². The van der Waals surface area contributed by atoms with Gasteiger partial charge in [-0.25, -0.2) is 9.37 Å². The Kier molecular flexibility index (Phi) is 8.02. The topological polar surface area (TPSA) is 59.2 Å². The molecule has 2 aromatic rings. The van der Waals surface area contributed by atoms with Gasteiger partial charge in [0.05, 0.1) is 11.2 Å². The highest BCUT2D eigenvalue weighted by Gasteiger charge is 2.36. The maximum atomic E-state index is 13.0. The minimum atomic E-state index is -0.250. The zero-order valence-corrected chi connectivity index (χ0v) is 17.2. The number of aromatic nitrogens is 1. The van der Waals surface area contributed by atoms with E-state index in [0.717, 1.165) is 17.0 Å². The minimum absolute atomic E-state index is 0. The summed E-state index contributed by atoms with van der Waals surface area (Å²) in [4.78, 5) is 19.6. The molecular formula is C18H24Cl2FN3OS. The van der Waals surface area contributed by atoms with Gasteiger partial charge in [-0.3, -0.25) is 4.79 Å². The number of hydrogen-bond acceptors (Lipinski definition) is 4. The number of hydrogen-bond donors (Lipinski definition) is 1. The molecule has 0 bridgehead atoms. The fourth-order valence-corrected chi connectivity index (χ4v) is 3.89. The average molecular weight is 420 g/mol. The predicted octanol–water partition coefficient (Wildman–Crippen LogP) is 3.92. The molecule has 0 aliphatic carbocycles. The molecule has 4 nitrogen and oxygen atoms in total. The Bertz CT molecular complexity index is 736. The number of rotatable bonds is 3. The number of nitrogens with zero attached hydrogens (tertiary/aromatic N) is 2. The van der Waals surface area contributed by atoms with Gasteiger partial charge in [-0.2, -0.15) is 0 Å². The van der Waals surface area contributed by atoms with Gasteiger partial charge in [-0.15, -0.1) is 36.2 Å². The van der Waals surface area contributed by atoms with E-state index in [4.69, 9.17) is 5.73 Å². The van der Waals surface area contributed by atoms with Crippen LogP contribution >= 0.6 is 36.2 Å². The first kappa shape index (κ1) is 22.8. The fraction of sp³-hybridized carbons (Fsp3) is 0.444. The van der Waals surface area contributed by atoms with Crippen molar-refractivity contribution in [2.75, 3.05) is 13.1 Å². The summed E-state index contributed by atoms with van der Waals surface area (Å²) < 4.78 is 13.0. The number of benzene rings is 1. The van der Waals surface area contributed by atoms with Gasteiger partial charge in [0.25, 0.3) is 5.91 Å². The molecule has 0 saturated carbocycles. The van der Waals surface area contributed by atoms with Gasteiger partial charge in [0.1, 0.15) is 10.7 Å². The Morgan fingerprint density at radius 3 is 2.62 bits per heavy atom. The van der Waals surface area contributed by atoms with E-state index in [1.165, 1.54) is 23.5 Å². The van der Waals surface area contributed by atoms with Gasteiger partial charge >= 0.3 is 0 Å². The first-order chi connectivity index (χ1) is 11.3. The number of carbonyl (C=O) groups is 1. The van der Waals surface area contributed by atoms with Crippen LogP contribution in [-0.2, 0) is 6.42 Å². The van der Waals surface area contributed by atoms with Crippen molar-refractivity contribution >= 4 is 42.1 Å². The highest BCUT2D eigenvalue weighted by atomic mass is 35.5. The van der Waals surface area contributed by atoms with E-state index in [0.29, 0.717) is 24.4 Å². The molecule has 1 saturated heterocycles. The lowest BCUT2D eigenvalue weighted by atomic mass is 9.79. The molecule has 1 aromatic carbocycles. The van der Waals surface area contributed by atoms with E-state index < -0.39 is 0 Å². The number of nitrogens with two attached hydrogens (primary N) is 1. The predicted molar refractivity (Wildman–Crippen MR) is 108 cm³/mol. The Balaban J connectivity index is 0.00000169. The van der Waals surface area contributed by atoms with Crippen LogP contribution in [0, 0.1) is 11.2 Å². The van der Waals surface area contributed by atoms with Crippen LogP contribution in [-0.4, -0.2) is 34.9 Å². The van der Waals surface area contributed by atoms with Crippen LogP contribution in [0.15, 0.2) is 30.5 Å². The second-order valence-corrected chi connectivity index (χ2v) is 8.15. The summed E-state index contributed by atoms with van der Waals surface area (Å²) in [7, 11) is 0. The van der Waals surface area contributed by atoms with Gasteiger partial charge in [0.15, 0.2) is 0 Å². The molecule has 1 aromatic heterocycles. The second-order valence-electron chi connectivity index (χ2n) is 7.03. The standard InChI is InChI=1S/C18H22FN3OS.2ClH/c1-18(2)11-22(8-7-15(18)20)17(23)14-10-21-16(24-14)9-12-3-5-13(19)6-4-12;;/h3-6,10,15H,7-9,11,20H2,1-2H3;2*1H. The third kappa shape index (κ3) is 5.16. The molecule has 1 amide bonds. The zero-order chi connectivity index (χ0) is 17.3. The maximum absolute atomic E-state index is 13.0. The van der Waals surface area contributed by atoms with Gasteiger partial charge in [0.2, 0.25) is 0 Å². The summed E-state index contributed by atoms with van der Waals surface area (Å²) in [6.45, 7) is 5.56. The van der Waals surface area contributed by atoms with Crippen molar-refractivity contribution in [2.24, 2.45) is 11.1 Å². The third-order valence-electron chi connectivity index (χ3n) is 4.63. The molecule has 8 heteroatoms. The van der Waals surface area contributed by atoms with E-state index in [1.54, 1.807) is 18.3 Å². The molecular weight excluding hydrogens is 396 g/mol. The molecule has 3 rings (SSSR count). The van der Waals surface area contributed by atoms with Crippen LogP contribution in [0.2, 0.25) is 0 Å². The van der Waals surface area contributed by atoms with Crippen molar-refractivity contribution in [3.63, 3.8) is 0 Å². The van der Waals surface area contributed by atoms with Gasteiger partial charge in [-0.05, 0) is 29.5 Å². The van der Waals surface area contributed by atoms with E-state index in [9.17, 15) is 9.18 Å². The highest BCUT2D eigenvalue weighted by Crippen LogP contribution is 2.29. The summed E-state index contributed by atoms with van der Waals surface area (Å²) in [6, 6.07) is 6.49. The van der Waals surface area contributed by atoms with Crippen molar-refractivity contribution in [1.82, 2.24) is 9.88 Å². The highest BCUT2D eigenvalue weighted by molar-refractivity contribution is 7.13. The zero-order valence-electron chi connectivity index (χ0n) is 14.8. The Hall–Kier alpha value is -1.21. The number of amides is 1. The Labute approximate surface area is 169 Å². The molecule has 1 fully saturated rings. The lowest BCUT2D eigenvalue weighted by molar-refractivity contribution is 0.0537. The van der Waals surface area contributed by atoms with Gasteiger partial charge in [0, 0.05) is 25.6 Å². The molecule has 2 N–H and O–H groups in total. The van der Waals surface area contributed by atoms with Crippen LogP contribution in [0.25, 0.3) is 0 Å². The minimum Gasteiger partial charge on any atom is -0.337 e. The largest absolute Gasteiger partial charge is 0.337 e. The van der Waals surface area contributed by atoms with Crippen LogP contribution in [0.5, 0.6) is 0 Å². The van der Waals surface area contributed by atoms with Crippen molar-refractivity contribution in [3.8, 4) is 0 Å². The van der Waals surface area contributed by atoms with Crippen molar-refractivity contribution < 1.29 is 9.18 Å². The van der Waals surface area contributed by atoms with E-state index in [-0.39, 0.29) is 48.0 Å². The van der Waals surface area contributed by atoms with Crippen LogP contribution < -0.4 is 5.73 Å². The Morgan fingerprint density at radius 1 is 1.35 bits per heavy atom. The molecule has 144 valence electrons. The number of carbonyl (C=O) groups excluding carboxylic acids is 1. The third-order valence-corrected chi connectivity index (χ3v) is 5.62. The number of likely N-dealkylation sites (tertiary alicyclic amines) is 1. The van der Waals surface area contributed by atoms with Gasteiger partial charge in [-0.1, -0.05) is 26.0 Å². The molecule has 26 heavy (non-hydrogen) atoms. The lowest BCUT2D eigenvalue weighted by Gasteiger charge is -2.42. The van der Waals surface area contributed by atoms with Crippen molar-refractivity contribution in [3.05, 3.63) is 51.7 Å². The van der Waals surface area contributed by atoms with Gasteiger partial charge < -0.3 is 10.6 Å². The first-order valence-corrected chi connectivity index (χ1v) is 8.91. The summed E-state index contributed by atoms with van der Waals surface area (Å²) in [5.74, 6) is -0.225. The normalized spacial score (nSPS) is 18.6. The molecule has 0 spiro atoms. The van der Waals surface area contributed by atoms with Crippen molar-refractivity contribution in [2.45, 2.75) is 32.7 Å². The molecule has 0 radical (unpaired) electrons. The smallest absolute Gasteiger partial charge is 0.265 e. The first-order valence-electron chi connectivity index (χ1n) is 8.09.